The van der Waals surface area contributed by atoms with E-state index in [9.17, 15) is 4.79 Å². The molecular weight excluding hydrogens is 248 g/mol. The zero-order chi connectivity index (χ0) is 14.8. The van der Waals surface area contributed by atoms with Gasteiger partial charge in [0.25, 0.3) is 0 Å². The fourth-order valence-electron chi connectivity index (χ4n) is 2.29. The zero-order valence-electron chi connectivity index (χ0n) is 13.0. The number of para-hydroxylation sites is 1. The Morgan fingerprint density at radius 2 is 1.90 bits per heavy atom. The summed E-state index contributed by atoms with van der Waals surface area (Å²) >= 11 is 0. The normalized spacial score (nSPS) is 12.2. The molecule has 0 radical (unpaired) electrons. The van der Waals surface area contributed by atoms with Crippen molar-refractivity contribution in [3.8, 4) is 0 Å². The van der Waals surface area contributed by atoms with Gasteiger partial charge in [0.2, 0.25) is 5.91 Å². The monoisotopic (exact) mass is 276 g/mol. The van der Waals surface area contributed by atoms with Crippen LogP contribution < -0.4 is 10.6 Å². The average molecular weight is 276 g/mol. The fraction of sp³-hybridized carbons (Fsp3) is 0.588. The molecule has 1 aromatic carbocycles. The van der Waals surface area contributed by atoms with Gasteiger partial charge in [-0.2, -0.15) is 0 Å². The molecule has 1 amide bonds. The highest BCUT2D eigenvalue weighted by molar-refractivity contribution is 5.92. The van der Waals surface area contributed by atoms with Crippen LogP contribution in [-0.2, 0) is 4.79 Å². The standard InChI is InChI=1S/C17H28N2O/c1-4-6-11-15(9-5-2)18-13-17(20)19-16-12-8-7-10-14(16)3/h7-8,10,12,15,18H,4-6,9,11,13H2,1-3H3,(H,19,20). The Hall–Kier alpha value is -1.35. The van der Waals surface area contributed by atoms with Gasteiger partial charge in [-0.1, -0.05) is 51.3 Å². The van der Waals surface area contributed by atoms with Crippen molar-refractivity contribution < 1.29 is 4.79 Å². The molecule has 3 nitrogen and oxygen atoms in total. The second kappa shape index (κ2) is 9.54. The highest BCUT2D eigenvalue weighted by Gasteiger charge is 2.09. The minimum Gasteiger partial charge on any atom is -0.325 e. The molecule has 20 heavy (non-hydrogen) atoms. The lowest BCUT2D eigenvalue weighted by Gasteiger charge is -2.17. The number of carbonyl (C=O) groups excluding carboxylic acids is 1. The van der Waals surface area contributed by atoms with Crippen LogP contribution in [0.4, 0.5) is 5.69 Å². The number of rotatable bonds is 9. The number of hydrogen-bond donors (Lipinski definition) is 2. The predicted octanol–water partition coefficient (Wildman–Crippen LogP) is 3.88. The van der Waals surface area contributed by atoms with Crippen LogP contribution >= 0.6 is 0 Å². The van der Waals surface area contributed by atoms with Gasteiger partial charge in [0.15, 0.2) is 0 Å². The van der Waals surface area contributed by atoms with Crippen molar-refractivity contribution in [3.63, 3.8) is 0 Å². The van der Waals surface area contributed by atoms with Gasteiger partial charge in [0, 0.05) is 11.7 Å². The maximum absolute atomic E-state index is 12.0. The number of hydrogen-bond acceptors (Lipinski definition) is 2. The molecule has 2 N–H and O–H groups in total. The topological polar surface area (TPSA) is 41.1 Å². The fourth-order valence-corrected chi connectivity index (χ4v) is 2.29. The summed E-state index contributed by atoms with van der Waals surface area (Å²) in [4.78, 5) is 12.0. The molecule has 0 heterocycles. The summed E-state index contributed by atoms with van der Waals surface area (Å²) < 4.78 is 0. The van der Waals surface area contributed by atoms with Crippen molar-refractivity contribution in [1.82, 2.24) is 5.32 Å². The first-order valence-corrected chi connectivity index (χ1v) is 7.76. The van der Waals surface area contributed by atoms with E-state index in [1.165, 1.54) is 12.8 Å². The summed E-state index contributed by atoms with van der Waals surface area (Å²) in [5.41, 5.74) is 2.00. The third-order valence-electron chi connectivity index (χ3n) is 3.51. The lowest BCUT2D eigenvalue weighted by atomic mass is 10.1. The molecule has 0 aliphatic carbocycles. The van der Waals surface area contributed by atoms with Crippen molar-refractivity contribution in [3.05, 3.63) is 29.8 Å². The van der Waals surface area contributed by atoms with Crippen LogP contribution in [0.25, 0.3) is 0 Å². The Morgan fingerprint density at radius 1 is 1.15 bits per heavy atom. The van der Waals surface area contributed by atoms with Gasteiger partial charge in [-0.25, -0.2) is 0 Å². The van der Waals surface area contributed by atoms with Crippen LogP contribution in [0, 0.1) is 6.92 Å². The Labute approximate surface area is 123 Å². The molecule has 3 heteroatoms. The van der Waals surface area contributed by atoms with Crippen molar-refractivity contribution in [2.75, 3.05) is 11.9 Å². The number of amides is 1. The molecule has 0 fully saturated rings. The Bertz CT molecular complexity index is 404. The molecule has 0 bridgehead atoms. The summed E-state index contributed by atoms with van der Waals surface area (Å²) in [6, 6.07) is 8.32. The van der Waals surface area contributed by atoms with E-state index >= 15 is 0 Å². The van der Waals surface area contributed by atoms with Gasteiger partial charge in [-0.05, 0) is 31.4 Å². The molecule has 0 aromatic heterocycles. The molecule has 1 rings (SSSR count). The first kappa shape index (κ1) is 16.7. The zero-order valence-corrected chi connectivity index (χ0v) is 13.0. The second-order valence-corrected chi connectivity index (χ2v) is 5.37. The van der Waals surface area contributed by atoms with Crippen LogP contribution in [0.3, 0.4) is 0 Å². The maximum atomic E-state index is 12.0. The van der Waals surface area contributed by atoms with Gasteiger partial charge in [-0.3, -0.25) is 4.79 Å². The second-order valence-electron chi connectivity index (χ2n) is 5.37. The molecule has 1 unspecified atom stereocenters. The van der Waals surface area contributed by atoms with E-state index in [1.54, 1.807) is 0 Å². The number of anilines is 1. The Balaban J connectivity index is 2.39. The SMILES string of the molecule is CCCCC(CCC)NCC(=O)Nc1ccccc1C. The summed E-state index contributed by atoms with van der Waals surface area (Å²) in [5.74, 6) is 0.0388. The predicted molar refractivity (Wildman–Crippen MR) is 86.0 cm³/mol. The largest absolute Gasteiger partial charge is 0.325 e. The number of carbonyl (C=O) groups is 1. The number of nitrogens with one attached hydrogen (secondary N) is 2. The molecule has 0 aliphatic heterocycles. The van der Waals surface area contributed by atoms with Crippen molar-refractivity contribution in [2.24, 2.45) is 0 Å². The molecule has 112 valence electrons. The van der Waals surface area contributed by atoms with Crippen molar-refractivity contribution in [1.29, 1.82) is 0 Å². The van der Waals surface area contributed by atoms with Gasteiger partial charge in [-0.15, -0.1) is 0 Å². The van der Waals surface area contributed by atoms with Gasteiger partial charge in [0.05, 0.1) is 6.54 Å². The van der Waals surface area contributed by atoms with E-state index in [0.717, 1.165) is 30.5 Å². The van der Waals surface area contributed by atoms with E-state index < -0.39 is 0 Å². The molecule has 1 atom stereocenters. The molecule has 0 spiro atoms. The average Bonchev–Trinajstić information content (AvgIpc) is 2.44. The van der Waals surface area contributed by atoms with Crippen molar-refractivity contribution in [2.45, 2.75) is 58.9 Å². The van der Waals surface area contributed by atoms with E-state index in [2.05, 4.69) is 24.5 Å². The van der Waals surface area contributed by atoms with Crippen LogP contribution in [0.1, 0.15) is 51.5 Å². The van der Waals surface area contributed by atoms with E-state index in [0.29, 0.717) is 12.6 Å². The summed E-state index contributed by atoms with van der Waals surface area (Å²) in [5, 5.41) is 6.35. The molecular formula is C17H28N2O. The number of aryl methyl sites for hydroxylation is 1. The third-order valence-corrected chi connectivity index (χ3v) is 3.51. The molecule has 0 saturated heterocycles. The number of unbranched alkanes of at least 4 members (excludes halogenated alkanes) is 1. The molecule has 0 aliphatic rings. The Morgan fingerprint density at radius 3 is 2.55 bits per heavy atom. The van der Waals surface area contributed by atoms with Gasteiger partial charge >= 0.3 is 0 Å². The summed E-state index contributed by atoms with van der Waals surface area (Å²) in [6.07, 6.45) is 5.87. The first-order valence-electron chi connectivity index (χ1n) is 7.76. The van der Waals surface area contributed by atoms with Gasteiger partial charge in [0.1, 0.15) is 0 Å². The minimum absolute atomic E-state index is 0.0388. The molecule has 0 saturated carbocycles. The number of benzene rings is 1. The van der Waals surface area contributed by atoms with E-state index in [-0.39, 0.29) is 5.91 Å². The lowest BCUT2D eigenvalue weighted by Crippen LogP contribution is -2.36. The summed E-state index contributed by atoms with van der Waals surface area (Å²) in [7, 11) is 0. The molecule has 1 aromatic rings. The van der Waals surface area contributed by atoms with Gasteiger partial charge < -0.3 is 10.6 Å². The Kier molecular flexibility index (Phi) is 7.97. The lowest BCUT2D eigenvalue weighted by molar-refractivity contribution is -0.115. The minimum atomic E-state index is 0.0388. The summed E-state index contributed by atoms with van der Waals surface area (Å²) in [6.45, 7) is 6.79. The first-order chi connectivity index (χ1) is 9.67. The quantitative estimate of drug-likeness (QED) is 0.718. The van der Waals surface area contributed by atoms with Crippen LogP contribution in [0.5, 0.6) is 0 Å². The van der Waals surface area contributed by atoms with Crippen LogP contribution in [0.15, 0.2) is 24.3 Å². The van der Waals surface area contributed by atoms with Crippen molar-refractivity contribution >= 4 is 11.6 Å². The maximum Gasteiger partial charge on any atom is 0.238 e. The highest BCUT2D eigenvalue weighted by atomic mass is 16.1. The van der Waals surface area contributed by atoms with E-state index in [1.807, 2.05) is 31.2 Å². The van der Waals surface area contributed by atoms with Crippen LogP contribution in [0.2, 0.25) is 0 Å². The highest BCUT2D eigenvalue weighted by Crippen LogP contribution is 2.12. The third kappa shape index (κ3) is 6.20. The van der Waals surface area contributed by atoms with E-state index in [4.69, 9.17) is 0 Å². The smallest absolute Gasteiger partial charge is 0.238 e. The van der Waals surface area contributed by atoms with Crippen LogP contribution in [-0.4, -0.2) is 18.5 Å².